The van der Waals surface area contributed by atoms with Gasteiger partial charge in [0, 0.05) is 24.8 Å². The van der Waals surface area contributed by atoms with Crippen LogP contribution in [0.3, 0.4) is 0 Å². The molecule has 0 unspecified atom stereocenters. The second-order valence-electron chi connectivity index (χ2n) is 5.74. The second-order valence-corrected chi connectivity index (χ2v) is 5.74. The molecule has 1 amide bonds. The number of hydrogen-bond donors (Lipinski definition) is 2. The van der Waals surface area contributed by atoms with E-state index in [2.05, 4.69) is 25.5 Å². The lowest BCUT2D eigenvalue weighted by atomic mass is 10.2. The van der Waals surface area contributed by atoms with E-state index in [4.69, 9.17) is 0 Å². The average Bonchev–Trinajstić information content (AvgIpc) is 2.48. The summed E-state index contributed by atoms with van der Waals surface area (Å²) in [4.78, 5) is 23.0. The topological polar surface area (TPSA) is 70.2 Å². The first-order valence-electron chi connectivity index (χ1n) is 7.56. The van der Waals surface area contributed by atoms with Crippen molar-refractivity contribution in [3.05, 3.63) is 47.4 Å². The maximum absolute atomic E-state index is 12.3. The Kier molecular flexibility index (Phi) is 5.65. The molecule has 1 heterocycles. The van der Waals surface area contributed by atoms with E-state index in [1.54, 1.807) is 13.0 Å². The lowest BCUT2D eigenvalue weighted by molar-refractivity contribution is 0.102. The van der Waals surface area contributed by atoms with Gasteiger partial charge in [-0.25, -0.2) is 9.97 Å². The van der Waals surface area contributed by atoms with Crippen LogP contribution in [0.1, 0.15) is 21.9 Å². The summed E-state index contributed by atoms with van der Waals surface area (Å²) in [6.07, 6.45) is 0. The first kappa shape index (κ1) is 16.9. The number of likely N-dealkylation sites (N-methyl/N-ethyl adjacent to an activating group) is 1. The highest BCUT2D eigenvalue weighted by molar-refractivity contribution is 6.03. The van der Waals surface area contributed by atoms with Crippen LogP contribution in [0.15, 0.2) is 30.3 Å². The van der Waals surface area contributed by atoms with Crippen molar-refractivity contribution < 1.29 is 4.79 Å². The van der Waals surface area contributed by atoms with Gasteiger partial charge in [-0.2, -0.15) is 0 Å². The van der Waals surface area contributed by atoms with Crippen LogP contribution >= 0.6 is 0 Å². The third kappa shape index (κ3) is 5.34. The van der Waals surface area contributed by atoms with Gasteiger partial charge in [-0.05, 0) is 40.1 Å². The third-order valence-electron chi connectivity index (χ3n) is 3.25. The van der Waals surface area contributed by atoms with E-state index in [0.29, 0.717) is 17.3 Å². The SMILES string of the molecule is Cc1ccc(NC(=O)c2cc(NCCN(C)C)nc(C)n2)cc1. The summed E-state index contributed by atoms with van der Waals surface area (Å²) in [5.74, 6) is 0.984. The smallest absolute Gasteiger partial charge is 0.274 e. The van der Waals surface area contributed by atoms with Gasteiger partial charge in [0.15, 0.2) is 0 Å². The minimum atomic E-state index is -0.241. The number of aryl methyl sites for hydroxylation is 2. The Morgan fingerprint density at radius 1 is 1.13 bits per heavy atom. The first-order chi connectivity index (χ1) is 10.9. The number of hydrogen-bond acceptors (Lipinski definition) is 5. The monoisotopic (exact) mass is 313 g/mol. The average molecular weight is 313 g/mol. The van der Waals surface area contributed by atoms with E-state index < -0.39 is 0 Å². The molecule has 6 nitrogen and oxygen atoms in total. The fourth-order valence-corrected chi connectivity index (χ4v) is 2.01. The number of rotatable bonds is 6. The normalized spacial score (nSPS) is 10.7. The lowest BCUT2D eigenvalue weighted by Gasteiger charge is -2.12. The van der Waals surface area contributed by atoms with Crippen molar-refractivity contribution in [2.45, 2.75) is 13.8 Å². The van der Waals surface area contributed by atoms with Gasteiger partial charge in [0.25, 0.3) is 5.91 Å². The molecule has 2 rings (SSSR count). The van der Waals surface area contributed by atoms with Crippen LogP contribution in [0.2, 0.25) is 0 Å². The molecule has 2 aromatic rings. The van der Waals surface area contributed by atoms with Gasteiger partial charge in [-0.1, -0.05) is 17.7 Å². The van der Waals surface area contributed by atoms with Gasteiger partial charge >= 0.3 is 0 Å². The predicted molar refractivity (Wildman–Crippen MR) is 92.9 cm³/mol. The Morgan fingerprint density at radius 3 is 2.48 bits per heavy atom. The van der Waals surface area contributed by atoms with E-state index in [1.807, 2.05) is 45.3 Å². The van der Waals surface area contributed by atoms with Crippen LogP contribution in [0.25, 0.3) is 0 Å². The van der Waals surface area contributed by atoms with Gasteiger partial charge in [0.2, 0.25) is 0 Å². The molecule has 0 aliphatic rings. The number of nitrogens with one attached hydrogen (secondary N) is 2. The van der Waals surface area contributed by atoms with Crippen LogP contribution in [0.4, 0.5) is 11.5 Å². The molecule has 122 valence electrons. The molecule has 0 fully saturated rings. The molecule has 0 saturated heterocycles. The zero-order chi connectivity index (χ0) is 16.8. The molecule has 2 N–H and O–H groups in total. The summed E-state index contributed by atoms with van der Waals surface area (Å²) >= 11 is 0. The molecule has 0 atom stereocenters. The van der Waals surface area contributed by atoms with Gasteiger partial charge < -0.3 is 15.5 Å². The lowest BCUT2D eigenvalue weighted by Crippen LogP contribution is -2.22. The van der Waals surface area contributed by atoms with Crippen LogP contribution in [-0.4, -0.2) is 48.0 Å². The summed E-state index contributed by atoms with van der Waals surface area (Å²) in [7, 11) is 4.01. The molecule has 1 aromatic heterocycles. The molecule has 1 aromatic carbocycles. The molecule has 0 aliphatic carbocycles. The molecular weight excluding hydrogens is 290 g/mol. The molecule has 0 radical (unpaired) electrons. The minimum absolute atomic E-state index is 0.241. The number of carbonyl (C=O) groups excluding carboxylic acids is 1. The molecule has 0 spiro atoms. The van der Waals surface area contributed by atoms with Crippen molar-refractivity contribution in [2.75, 3.05) is 37.8 Å². The second kappa shape index (κ2) is 7.69. The fraction of sp³-hybridized carbons (Fsp3) is 0.353. The summed E-state index contributed by atoms with van der Waals surface area (Å²) in [5.41, 5.74) is 2.25. The molecule has 0 aliphatic heterocycles. The molecule has 6 heteroatoms. The summed E-state index contributed by atoms with van der Waals surface area (Å²) < 4.78 is 0. The number of benzene rings is 1. The summed E-state index contributed by atoms with van der Waals surface area (Å²) in [5, 5.41) is 6.06. The number of anilines is 2. The maximum atomic E-state index is 12.3. The van der Waals surface area contributed by atoms with E-state index in [1.165, 1.54) is 0 Å². The zero-order valence-electron chi connectivity index (χ0n) is 14.1. The van der Waals surface area contributed by atoms with E-state index in [9.17, 15) is 4.79 Å². The quantitative estimate of drug-likeness (QED) is 0.856. The van der Waals surface area contributed by atoms with Crippen molar-refractivity contribution in [1.82, 2.24) is 14.9 Å². The van der Waals surface area contributed by atoms with Crippen LogP contribution in [0.5, 0.6) is 0 Å². The highest BCUT2D eigenvalue weighted by Crippen LogP contribution is 2.12. The number of carbonyl (C=O) groups is 1. The molecular formula is C17H23N5O. The number of nitrogens with zero attached hydrogens (tertiary/aromatic N) is 3. The molecule has 23 heavy (non-hydrogen) atoms. The van der Waals surface area contributed by atoms with Crippen molar-refractivity contribution in [3.63, 3.8) is 0 Å². The predicted octanol–water partition coefficient (Wildman–Crippen LogP) is 2.32. The van der Waals surface area contributed by atoms with Gasteiger partial charge in [0.1, 0.15) is 17.3 Å². The highest BCUT2D eigenvalue weighted by Gasteiger charge is 2.11. The first-order valence-corrected chi connectivity index (χ1v) is 7.56. The Morgan fingerprint density at radius 2 is 1.83 bits per heavy atom. The summed E-state index contributed by atoms with van der Waals surface area (Å²) in [6.45, 7) is 5.42. The van der Waals surface area contributed by atoms with Gasteiger partial charge in [0.05, 0.1) is 0 Å². The van der Waals surface area contributed by atoms with Crippen molar-refractivity contribution in [1.29, 1.82) is 0 Å². The van der Waals surface area contributed by atoms with Crippen molar-refractivity contribution in [3.8, 4) is 0 Å². The largest absolute Gasteiger partial charge is 0.369 e. The Balaban J connectivity index is 2.07. The minimum Gasteiger partial charge on any atom is -0.369 e. The Bertz CT molecular complexity index is 667. The summed E-state index contributed by atoms with van der Waals surface area (Å²) in [6, 6.07) is 9.32. The van der Waals surface area contributed by atoms with Gasteiger partial charge in [-0.15, -0.1) is 0 Å². The van der Waals surface area contributed by atoms with Crippen LogP contribution in [0, 0.1) is 13.8 Å². The van der Waals surface area contributed by atoms with Crippen molar-refractivity contribution >= 4 is 17.4 Å². The zero-order valence-corrected chi connectivity index (χ0v) is 14.1. The van der Waals surface area contributed by atoms with Crippen molar-refractivity contribution in [2.24, 2.45) is 0 Å². The Labute approximate surface area is 137 Å². The molecule has 0 bridgehead atoms. The fourth-order valence-electron chi connectivity index (χ4n) is 2.01. The van der Waals surface area contributed by atoms with Crippen LogP contribution < -0.4 is 10.6 Å². The number of aromatic nitrogens is 2. The highest BCUT2D eigenvalue weighted by atomic mass is 16.1. The Hall–Kier alpha value is -2.47. The van der Waals surface area contributed by atoms with E-state index in [-0.39, 0.29) is 5.91 Å². The van der Waals surface area contributed by atoms with Gasteiger partial charge in [-0.3, -0.25) is 4.79 Å². The third-order valence-corrected chi connectivity index (χ3v) is 3.25. The number of amides is 1. The molecule has 0 saturated carbocycles. The van der Waals surface area contributed by atoms with E-state index >= 15 is 0 Å². The van der Waals surface area contributed by atoms with Crippen LogP contribution in [-0.2, 0) is 0 Å². The maximum Gasteiger partial charge on any atom is 0.274 e. The standard InChI is InChI=1S/C17H23N5O/c1-12-5-7-14(8-6-12)21-17(23)15-11-16(20-13(2)19-15)18-9-10-22(3)4/h5-8,11H,9-10H2,1-4H3,(H,21,23)(H,18,19,20). The van der Waals surface area contributed by atoms with E-state index in [0.717, 1.165) is 24.3 Å².